The fourth-order valence-corrected chi connectivity index (χ4v) is 0.719. The summed E-state index contributed by atoms with van der Waals surface area (Å²) in [5.74, 6) is -2.68. The first-order chi connectivity index (χ1) is 8.40. The van der Waals surface area contributed by atoms with Crippen molar-refractivity contribution in [2.24, 2.45) is 0 Å². The second-order valence-electron chi connectivity index (χ2n) is 3.14. The van der Waals surface area contributed by atoms with Gasteiger partial charge >= 0.3 is 17.9 Å². The molecule has 0 atom stereocenters. The highest BCUT2D eigenvalue weighted by atomic mass is 16.4. The molecule has 0 aliphatic heterocycles. The molecule has 0 fully saturated rings. The quantitative estimate of drug-likeness (QED) is 0.601. The summed E-state index contributed by atoms with van der Waals surface area (Å²) in [4.78, 5) is 29.5. The van der Waals surface area contributed by atoms with Gasteiger partial charge in [0, 0.05) is 0 Å². The second kappa shape index (κ2) is 13.0. The molecule has 6 nitrogen and oxygen atoms in total. The molecule has 18 heavy (non-hydrogen) atoms. The maximum Gasteiger partial charge on any atom is 0.307 e. The van der Waals surface area contributed by atoms with Gasteiger partial charge in [0.25, 0.3) is 0 Å². The van der Waals surface area contributed by atoms with Crippen molar-refractivity contribution in [1.82, 2.24) is 0 Å². The fraction of sp³-hybridized carbons (Fsp3) is 0.417. The van der Waals surface area contributed by atoms with Crippen LogP contribution in [0, 0.1) is 0 Å². The summed E-state index contributed by atoms with van der Waals surface area (Å²) in [6, 6.07) is 0. The molecule has 0 saturated carbocycles. The van der Waals surface area contributed by atoms with Crippen LogP contribution in [0.4, 0.5) is 0 Å². The minimum atomic E-state index is -0.957. The summed E-state index contributed by atoms with van der Waals surface area (Å²) in [6.07, 6.45) is 6.95. The Kier molecular flexibility index (Phi) is 13.1. The van der Waals surface area contributed by atoms with E-state index in [0.717, 1.165) is 6.42 Å². The number of rotatable bonds is 7. The van der Waals surface area contributed by atoms with E-state index in [1.807, 2.05) is 13.0 Å². The van der Waals surface area contributed by atoms with Crippen LogP contribution in [-0.2, 0) is 14.4 Å². The summed E-state index contributed by atoms with van der Waals surface area (Å²) in [6.45, 7) is 1.97. The third-order valence-corrected chi connectivity index (χ3v) is 1.45. The van der Waals surface area contributed by atoms with Crippen molar-refractivity contribution in [2.75, 3.05) is 0 Å². The zero-order valence-electron chi connectivity index (χ0n) is 10.2. The average Bonchev–Trinajstić information content (AvgIpc) is 2.25. The zero-order chi connectivity index (χ0) is 14.4. The van der Waals surface area contributed by atoms with E-state index in [2.05, 4.69) is 0 Å². The van der Waals surface area contributed by atoms with Gasteiger partial charge in [-0.25, -0.2) is 0 Å². The first kappa shape index (κ1) is 18.3. The Bertz CT molecular complexity index is 299. The number of hydrogen-bond acceptors (Lipinski definition) is 3. The van der Waals surface area contributed by atoms with E-state index in [-0.39, 0.29) is 19.3 Å². The molecule has 0 unspecified atom stereocenters. The van der Waals surface area contributed by atoms with Gasteiger partial charge in [-0.3, -0.25) is 14.4 Å². The Labute approximate surface area is 105 Å². The van der Waals surface area contributed by atoms with Gasteiger partial charge in [-0.15, -0.1) is 0 Å². The molecule has 0 rings (SSSR count). The molecule has 6 heteroatoms. The topological polar surface area (TPSA) is 112 Å². The molecule has 102 valence electrons. The van der Waals surface area contributed by atoms with Crippen molar-refractivity contribution in [3.63, 3.8) is 0 Å². The lowest BCUT2D eigenvalue weighted by molar-refractivity contribution is -0.137. The fourth-order valence-electron chi connectivity index (χ4n) is 0.719. The number of hydrogen-bond donors (Lipinski definition) is 3. The van der Waals surface area contributed by atoms with E-state index in [0.29, 0.717) is 0 Å². The molecule has 0 bridgehead atoms. The maximum absolute atomic E-state index is 9.85. The lowest BCUT2D eigenvalue weighted by Gasteiger charge is -1.83. The van der Waals surface area contributed by atoms with E-state index in [9.17, 15) is 14.4 Å². The summed E-state index contributed by atoms with van der Waals surface area (Å²) < 4.78 is 0. The molecule has 0 aromatic heterocycles. The van der Waals surface area contributed by atoms with E-state index in [1.54, 1.807) is 6.08 Å². The minimum absolute atomic E-state index is 0.118. The average molecular weight is 258 g/mol. The predicted molar refractivity (Wildman–Crippen MR) is 65.3 cm³/mol. The van der Waals surface area contributed by atoms with E-state index in [4.69, 9.17) is 15.3 Å². The van der Waals surface area contributed by atoms with Gasteiger partial charge in [0.15, 0.2) is 0 Å². The predicted octanol–water partition coefficient (Wildman–Crippen LogP) is 1.92. The molecule has 0 amide bonds. The van der Waals surface area contributed by atoms with Gasteiger partial charge in [-0.2, -0.15) is 0 Å². The third-order valence-electron chi connectivity index (χ3n) is 1.45. The Morgan fingerprint density at radius 2 is 1.00 bits per heavy atom. The van der Waals surface area contributed by atoms with E-state index < -0.39 is 17.9 Å². The maximum atomic E-state index is 9.85. The van der Waals surface area contributed by atoms with Crippen molar-refractivity contribution in [3.8, 4) is 0 Å². The highest BCUT2D eigenvalue weighted by molar-refractivity contribution is 5.70. The molecule has 0 heterocycles. The van der Waals surface area contributed by atoms with Crippen LogP contribution < -0.4 is 0 Å². The smallest absolute Gasteiger partial charge is 0.307 e. The Morgan fingerprint density at radius 3 is 1.22 bits per heavy atom. The SMILES string of the molecule is CCC=CCC(=O)O.O=C(O)CC=CCC(=O)O. The van der Waals surface area contributed by atoms with Gasteiger partial charge in [-0.1, -0.05) is 31.2 Å². The van der Waals surface area contributed by atoms with Crippen molar-refractivity contribution in [2.45, 2.75) is 32.6 Å². The van der Waals surface area contributed by atoms with Gasteiger partial charge in [0.1, 0.15) is 0 Å². The van der Waals surface area contributed by atoms with Crippen molar-refractivity contribution >= 4 is 17.9 Å². The molecule has 3 N–H and O–H groups in total. The van der Waals surface area contributed by atoms with Gasteiger partial charge < -0.3 is 15.3 Å². The molecule has 0 spiro atoms. The molecule has 0 aromatic rings. The lowest BCUT2D eigenvalue weighted by Crippen LogP contribution is -1.92. The first-order valence-electron chi connectivity index (χ1n) is 5.35. The van der Waals surface area contributed by atoms with Crippen molar-refractivity contribution in [1.29, 1.82) is 0 Å². The Balaban J connectivity index is 0. The van der Waals surface area contributed by atoms with Crippen LogP contribution in [0.25, 0.3) is 0 Å². The largest absolute Gasteiger partial charge is 0.481 e. The molecular weight excluding hydrogens is 240 g/mol. The lowest BCUT2D eigenvalue weighted by atomic mass is 10.3. The molecule has 0 radical (unpaired) electrons. The van der Waals surface area contributed by atoms with Crippen LogP contribution in [0.2, 0.25) is 0 Å². The molecular formula is C12H18O6. The summed E-state index contributed by atoms with van der Waals surface area (Å²) >= 11 is 0. The first-order valence-corrected chi connectivity index (χ1v) is 5.35. The number of aliphatic carboxylic acids is 3. The molecule has 0 aromatic carbocycles. The second-order valence-corrected chi connectivity index (χ2v) is 3.14. The highest BCUT2D eigenvalue weighted by Gasteiger charge is 1.91. The Morgan fingerprint density at radius 1 is 0.722 bits per heavy atom. The number of carbonyl (C=O) groups is 3. The van der Waals surface area contributed by atoms with Gasteiger partial charge in [0.2, 0.25) is 0 Å². The minimum Gasteiger partial charge on any atom is -0.481 e. The van der Waals surface area contributed by atoms with Gasteiger partial charge in [-0.05, 0) is 6.42 Å². The number of allylic oxidation sites excluding steroid dienone is 1. The highest BCUT2D eigenvalue weighted by Crippen LogP contribution is 1.86. The molecule has 0 saturated heterocycles. The van der Waals surface area contributed by atoms with Crippen LogP contribution in [-0.4, -0.2) is 33.2 Å². The van der Waals surface area contributed by atoms with Crippen LogP contribution in [0.15, 0.2) is 24.3 Å². The van der Waals surface area contributed by atoms with Crippen molar-refractivity contribution in [3.05, 3.63) is 24.3 Å². The van der Waals surface area contributed by atoms with Crippen LogP contribution in [0.3, 0.4) is 0 Å². The summed E-state index contributed by atoms with van der Waals surface area (Å²) in [5.41, 5.74) is 0. The molecule has 0 aliphatic rings. The zero-order valence-corrected chi connectivity index (χ0v) is 10.2. The number of carboxylic acids is 3. The standard InChI is InChI=1S/C6H8O4.C6H10O2/c7-5(8)3-1-2-4-6(9)10;1-2-3-4-5-6(7)8/h1-2H,3-4H2,(H,7,8)(H,9,10);3-4H,2,5H2,1H3,(H,7,8). The van der Waals surface area contributed by atoms with Crippen LogP contribution in [0.1, 0.15) is 32.6 Å². The van der Waals surface area contributed by atoms with Crippen molar-refractivity contribution < 1.29 is 29.7 Å². The normalized spacial score (nSPS) is 10.1. The van der Waals surface area contributed by atoms with E-state index in [1.165, 1.54) is 12.2 Å². The van der Waals surface area contributed by atoms with Crippen LogP contribution >= 0.6 is 0 Å². The summed E-state index contributed by atoms with van der Waals surface area (Å²) in [5, 5.41) is 24.2. The summed E-state index contributed by atoms with van der Waals surface area (Å²) in [7, 11) is 0. The van der Waals surface area contributed by atoms with Crippen LogP contribution in [0.5, 0.6) is 0 Å². The van der Waals surface area contributed by atoms with E-state index >= 15 is 0 Å². The monoisotopic (exact) mass is 258 g/mol. The molecule has 0 aliphatic carbocycles. The Hall–Kier alpha value is -2.11. The van der Waals surface area contributed by atoms with Gasteiger partial charge in [0.05, 0.1) is 19.3 Å². The third kappa shape index (κ3) is 23.6. The number of carboxylic acid groups (broad SMARTS) is 3.